The van der Waals surface area contributed by atoms with Crippen LogP contribution in [-0.2, 0) is 0 Å². The highest BCUT2D eigenvalue weighted by atomic mass is 19.4. The summed E-state index contributed by atoms with van der Waals surface area (Å²) < 4.78 is 42.8. The fourth-order valence-electron chi connectivity index (χ4n) is 0.0581. The molecule has 48 valence electrons. The van der Waals surface area contributed by atoms with Crippen molar-refractivity contribution < 1.29 is 17.9 Å². The van der Waals surface area contributed by atoms with Gasteiger partial charge >= 0.3 is 0 Å². The molecule has 0 aromatic rings. The molecule has 0 fully saturated rings. The summed E-state index contributed by atoms with van der Waals surface area (Å²) in [6.45, 7) is 0. The van der Waals surface area contributed by atoms with Gasteiger partial charge in [-0.2, -0.15) is 0 Å². The molecule has 0 heterocycles. The third kappa shape index (κ3) is 2.29. The summed E-state index contributed by atoms with van der Waals surface area (Å²) in [5, 5.41) is 1.27. The first-order valence-corrected chi connectivity index (χ1v) is 1.28. The molecule has 0 N–H and O–H groups in total. The lowest BCUT2D eigenvalue weighted by Crippen LogP contribution is -2.14. The maximum absolute atomic E-state index is 11.0. The summed E-state index contributed by atoms with van der Waals surface area (Å²) in [5.41, 5.74) is -2.08. The van der Waals surface area contributed by atoms with Gasteiger partial charge in [0.25, 0.3) is 0 Å². The molecular formula is F4N4. The molecule has 0 aliphatic heterocycles. The van der Waals surface area contributed by atoms with Gasteiger partial charge in [-0.15, -0.1) is 0 Å². The molecule has 0 saturated heterocycles. The van der Waals surface area contributed by atoms with Crippen molar-refractivity contribution in [3.05, 3.63) is 0 Å². The van der Waals surface area contributed by atoms with E-state index < -0.39 is 10.8 Å². The van der Waals surface area contributed by atoms with Crippen molar-refractivity contribution >= 4 is 0 Å². The Bertz CT molecular complexity index is 78.1. The maximum Gasteiger partial charge on any atom is 0.170 e. The van der Waals surface area contributed by atoms with Gasteiger partial charge < -0.3 is 0 Å². The van der Waals surface area contributed by atoms with E-state index >= 15 is 0 Å². The lowest BCUT2D eigenvalue weighted by Gasteiger charge is -1.99. The van der Waals surface area contributed by atoms with E-state index in [0.29, 0.717) is 0 Å². The second kappa shape index (κ2) is 3.13. The van der Waals surface area contributed by atoms with E-state index in [9.17, 15) is 17.9 Å². The van der Waals surface area contributed by atoms with Crippen LogP contribution in [0.5, 0.6) is 0 Å². The minimum Gasteiger partial charge on any atom is -0.0737 e. The fraction of sp³-hybridized carbons (Fsp3) is 0. The van der Waals surface area contributed by atoms with Gasteiger partial charge in [0.1, 0.15) is 0 Å². The largest absolute Gasteiger partial charge is 0.170 e. The third-order valence-corrected chi connectivity index (χ3v) is 0.232. The molecule has 8 heavy (non-hydrogen) atoms. The SMILES string of the molecule is FN=NN(F)N(F)F. The summed E-state index contributed by atoms with van der Waals surface area (Å²) in [7, 11) is 0. The van der Waals surface area contributed by atoms with Crippen molar-refractivity contribution in [2.45, 2.75) is 0 Å². The predicted molar refractivity (Wildman–Crippen MR) is 13.0 cm³/mol. The monoisotopic (exact) mass is 132 g/mol. The van der Waals surface area contributed by atoms with Crippen molar-refractivity contribution in [2.75, 3.05) is 0 Å². The van der Waals surface area contributed by atoms with Crippen LogP contribution in [0, 0.1) is 0 Å². The summed E-state index contributed by atoms with van der Waals surface area (Å²) in [5.74, 6) is 0. The Balaban J connectivity index is 3.47. The third-order valence-electron chi connectivity index (χ3n) is 0.232. The maximum atomic E-state index is 11.0. The summed E-state index contributed by atoms with van der Waals surface area (Å²) in [4.78, 5) is 0. The standard InChI is InChI=1S/F4N4/c1-5-6-8(4)7(2)3. The van der Waals surface area contributed by atoms with Crippen LogP contribution < -0.4 is 0 Å². The van der Waals surface area contributed by atoms with E-state index in [1.807, 2.05) is 0 Å². The van der Waals surface area contributed by atoms with Gasteiger partial charge in [-0.05, 0) is 0 Å². The quantitative estimate of drug-likeness (QED) is 0.246. The average Bonchev–Trinajstić information content (AvgIpc) is 1.67. The highest BCUT2D eigenvalue weighted by molar-refractivity contribution is 3.91. The van der Waals surface area contributed by atoms with E-state index in [0.717, 1.165) is 0 Å². The van der Waals surface area contributed by atoms with Gasteiger partial charge in [-0.25, -0.2) is 0 Å². The lowest BCUT2D eigenvalue weighted by atomic mass is 12.4. The topological polar surface area (TPSA) is 31.2 Å². The molecule has 0 radical (unpaired) electrons. The molecule has 0 unspecified atom stereocenters. The average molecular weight is 132 g/mol. The minimum absolute atomic E-state index is 1.21. The van der Waals surface area contributed by atoms with Crippen LogP contribution in [0.4, 0.5) is 17.9 Å². The van der Waals surface area contributed by atoms with Crippen molar-refractivity contribution in [1.82, 2.24) is 10.8 Å². The first-order valence-electron chi connectivity index (χ1n) is 1.28. The molecule has 0 aliphatic rings. The number of hydrogen-bond donors (Lipinski definition) is 0. The minimum atomic E-state index is -2.08. The van der Waals surface area contributed by atoms with E-state index in [1.54, 1.807) is 5.22 Å². The van der Waals surface area contributed by atoms with Crippen molar-refractivity contribution in [3.8, 4) is 0 Å². The molecule has 0 spiro atoms. The predicted octanol–water partition coefficient (Wildman–Crippen LogP) is 1.41. The normalized spacial score (nSPS) is 11.1. The molecule has 4 nitrogen and oxygen atoms in total. The molecule has 0 aliphatic carbocycles. The smallest absolute Gasteiger partial charge is 0.0737 e. The molecule has 0 bridgehead atoms. The van der Waals surface area contributed by atoms with Gasteiger partial charge in [0.15, 0.2) is 5.45 Å². The van der Waals surface area contributed by atoms with Crippen molar-refractivity contribution in [2.24, 2.45) is 10.6 Å². The Hall–Kier alpha value is -0.920. The van der Waals surface area contributed by atoms with Crippen LogP contribution in [0.2, 0.25) is 0 Å². The lowest BCUT2D eigenvalue weighted by molar-refractivity contribution is -0.375. The molecule has 0 aromatic carbocycles. The van der Waals surface area contributed by atoms with Gasteiger partial charge in [-0.1, -0.05) is 17.9 Å². The number of nitrogens with zero attached hydrogens (tertiary/aromatic N) is 4. The number of halogens is 4. The zero-order valence-corrected chi connectivity index (χ0v) is 3.30. The second-order valence-electron chi connectivity index (χ2n) is 0.621. The Morgan fingerprint density at radius 2 is 1.62 bits per heavy atom. The van der Waals surface area contributed by atoms with Crippen LogP contribution in [0.1, 0.15) is 0 Å². The number of hydrazine groups is 1. The molecule has 0 amide bonds. The van der Waals surface area contributed by atoms with Gasteiger partial charge in [0.05, 0.1) is 0 Å². The zero-order valence-electron chi connectivity index (χ0n) is 3.30. The highest BCUT2D eigenvalue weighted by Gasteiger charge is 2.09. The van der Waals surface area contributed by atoms with Crippen LogP contribution in [0.25, 0.3) is 0 Å². The van der Waals surface area contributed by atoms with Crippen molar-refractivity contribution in [1.29, 1.82) is 0 Å². The Morgan fingerprint density at radius 1 is 1.12 bits per heavy atom. The van der Waals surface area contributed by atoms with Crippen molar-refractivity contribution in [3.63, 3.8) is 0 Å². The Kier molecular flexibility index (Phi) is 2.77. The van der Waals surface area contributed by atoms with Crippen LogP contribution in [0.15, 0.2) is 10.6 Å². The van der Waals surface area contributed by atoms with E-state index in [4.69, 9.17) is 0 Å². The van der Waals surface area contributed by atoms with Gasteiger partial charge in [0, 0.05) is 15.9 Å². The fourth-order valence-corrected chi connectivity index (χ4v) is 0.0581. The second-order valence-corrected chi connectivity index (χ2v) is 0.621. The number of hydrogen-bond acceptors (Lipinski definition) is 3. The van der Waals surface area contributed by atoms with Gasteiger partial charge in [-0.3, -0.25) is 0 Å². The highest BCUT2D eigenvalue weighted by Crippen LogP contribution is 2.00. The molecule has 8 heteroatoms. The van der Waals surface area contributed by atoms with E-state index in [-0.39, 0.29) is 0 Å². The molecule has 0 saturated carbocycles. The first kappa shape index (κ1) is 7.08. The molecule has 0 atom stereocenters. The van der Waals surface area contributed by atoms with E-state index in [2.05, 4.69) is 0 Å². The first-order chi connectivity index (χ1) is 3.68. The Morgan fingerprint density at radius 3 is 1.75 bits per heavy atom. The Labute approximate surface area is 40.7 Å². The molecular weight excluding hydrogens is 132 g/mol. The summed E-state index contributed by atoms with van der Waals surface area (Å²) in [6.07, 6.45) is 0. The van der Waals surface area contributed by atoms with Gasteiger partial charge in [0.2, 0.25) is 0 Å². The van der Waals surface area contributed by atoms with Crippen LogP contribution in [-0.4, -0.2) is 10.8 Å². The summed E-state index contributed by atoms with van der Waals surface area (Å²) in [6, 6.07) is 0. The number of rotatable bonds is 2. The van der Waals surface area contributed by atoms with Crippen LogP contribution >= 0.6 is 0 Å². The summed E-state index contributed by atoms with van der Waals surface area (Å²) >= 11 is 0. The molecule has 0 rings (SSSR count). The zero-order chi connectivity index (χ0) is 6.57. The van der Waals surface area contributed by atoms with Crippen LogP contribution in [0.3, 0.4) is 0 Å². The van der Waals surface area contributed by atoms with E-state index in [1.165, 1.54) is 5.34 Å². The molecule has 0 aromatic heterocycles.